The third-order valence-electron chi connectivity index (χ3n) is 7.04. The molecular weight excluding hydrogens is 534 g/mol. The SMILES string of the molecule is COc1ccc(CN(C(=O)CN2C(=O)C(=O)c3ccccc32)[C@@H](C(=O)Nc2ccc(OC)cc2)c2ccccc2)cc1. The molecule has 1 aliphatic rings. The van der Waals surface area contributed by atoms with Crippen LogP contribution >= 0.6 is 0 Å². The Kier molecular flexibility index (Phi) is 8.29. The Hall–Kier alpha value is -5.44. The molecule has 212 valence electrons. The average Bonchev–Trinajstić information content (AvgIpc) is 3.26. The van der Waals surface area contributed by atoms with Gasteiger partial charge in [0.05, 0.1) is 25.5 Å². The highest BCUT2D eigenvalue weighted by molar-refractivity contribution is 6.52. The fourth-order valence-corrected chi connectivity index (χ4v) is 4.88. The van der Waals surface area contributed by atoms with E-state index in [1.807, 2.05) is 18.2 Å². The third-order valence-corrected chi connectivity index (χ3v) is 7.04. The maximum Gasteiger partial charge on any atom is 0.299 e. The van der Waals surface area contributed by atoms with Crippen LogP contribution in [0.1, 0.15) is 27.5 Å². The fraction of sp³-hybridized carbons (Fsp3) is 0.152. The number of hydrogen-bond acceptors (Lipinski definition) is 6. The molecule has 0 bridgehead atoms. The van der Waals surface area contributed by atoms with Gasteiger partial charge in [0.2, 0.25) is 5.91 Å². The van der Waals surface area contributed by atoms with E-state index in [2.05, 4.69) is 5.32 Å². The molecule has 9 nitrogen and oxygen atoms in total. The van der Waals surface area contributed by atoms with Gasteiger partial charge in [0.1, 0.15) is 24.1 Å². The van der Waals surface area contributed by atoms with Crippen molar-refractivity contribution in [2.75, 3.05) is 31.0 Å². The number of ether oxygens (including phenoxy) is 2. The molecule has 1 atom stereocenters. The van der Waals surface area contributed by atoms with Crippen molar-refractivity contribution < 1.29 is 28.7 Å². The first-order valence-electron chi connectivity index (χ1n) is 13.3. The molecule has 1 aliphatic heterocycles. The summed E-state index contributed by atoms with van der Waals surface area (Å²) in [6.45, 7) is -0.368. The third kappa shape index (κ3) is 5.85. The Morgan fingerprint density at radius 1 is 0.786 bits per heavy atom. The van der Waals surface area contributed by atoms with Gasteiger partial charge >= 0.3 is 0 Å². The van der Waals surface area contributed by atoms with Gasteiger partial charge in [-0.1, -0.05) is 54.6 Å². The fourth-order valence-electron chi connectivity index (χ4n) is 4.88. The summed E-state index contributed by atoms with van der Waals surface area (Å²) < 4.78 is 10.5. The van der Waals surface area contributed by atoms with Crippen LogP contribution in [-0.4, -0.2) is 49.2 Å². The molecular formula is C33H29N3O6. The van der Waals surface area contributed by atoms with E-state index < -0.39 is 36.1 Å². The summed E-state index contributed by atoms with van der Waals surface area (Å²) in [4.78, 5) is 56.2. The van der Waals surface area contributed by atoms with Gasteiger partial charge in [-0.3, -0.25) is 24.1 Å². The van der Waals surface area contributed by atoms with Gasteiger partial charge in [0.15, 0.2) is 0 Å². The number of Topliss-reactive ketones (excluding diaryl/α,β-unsaturated/α-hetero) is 1. The number of amides is 3. The Morgan fingerprint density at radius 2 is 1.38 bits per heavy atom. The number of fused-ring (bicyclic) bond motifs is 1. The van der Waals surface area contributed by atoms with Crippen molar-refractivity contribution in [1.82, 2.24) is 4.90 Å². The van der Waals surface area contributed by atoms with Gasteiger partial charge in [-0.15, -0.1) is 0 Å². The minimum absolute atomic E-state index is 0.0516. The quantitative estimate of drug-likeness (QED) is 0.282. The van der Waals surface area contributed by atoms with E-state index in [4.69, 9.17) is 9.47 Å². The normalized spacial score (nSPS) is 12.9. The second-order valence-electron chi connectivity index (χ2n) is 9.64. The summed E-state index contributed by atoms with van der Waals surface area (Å²) >= 11 is 0. The van der Waals surface area contributed by atoms with Gasteiger partial charge in [-0.05, 0) is 59.7 Å². The number of benzene rings is 4. The molecule has 0 aromatic heterocycles. The summed E-state index contributed by atoms with van der Waals surface area (Å²) in [5.74, 6) is -1.13. The zero-order valence-electron chi connectivity index (χ0n) is 23.2. The number of anilines is 2. The van der Waals surface area contributed by atoms with Crippen molar-refractivity contribution >= 4 is 34.9 Å². The van der Waals surface area contributed by atoms with Gasteiger partial charge in [-0.2, -0.15) is 0 Å². The number of carbonyl (C=O) groups is 4. The molecule has 0 saturated heterocycles. The molecule has 5 rings (SSSR count). The van der Waals surface area contributed by atoms with E-state index in [1.54, 1.807) is 99.1 Å². The predicted octanol–water partition coefficient (Wildman–Crippen LogP) is 4.64. The summed E-state index contributed by atoms with van der Waals surface area (Å²) in [5, 5.41) is 2.91. The Balaban J connectivity index is 1.52. The molecule has 0 unspecified atom stereocenters. The van der Waals surface area contributed by atoms with Crippen molar-refractivity contribution in [2.45, 2.75) is 12.6 Å². The zero-order valence-corrected chi connectivity index (χ0v) is 23.2. The maximum atomic E-state index is 14.1. The van der Waals surface area contributed by atoms with Crippen molar-refractivity contribution in [1.29, 1.82) is 0 Å². The van der Waals surface area contributed by atoms with Crippen LogP contribution < -0.4 is 19.7 Å². The van der Waals surface area contributed by atoms with Gasteiger partial charge in [0, 0.05) is 12.2 Å². The smallest absolute Gasteiger partial charge is 0.299 e. The second-order valence-corrected chi connectivity index (χ2v) is 9.64. The molecule has 4 aromatic carbocycles. The molecule has 0 spiro atoms. The van der Waals surface area contributed by atoms with Crippen molar-refractivity contribution in [3.63, 3.8) is 0 Å². The van der Waals surface area contributed by atoms with Crippen molar-refractivity contribution in [3.8, 4) is 11.5 Å². The summed E-state index contributed by atoms with van der Waals surface area (Å²) in [6.07, 6.45) is 0. The number of rotatable bonds is 10. The van der Waals surface area contributed by atoms with Crippen LogP contribution in [0.15, 0.2) is 103 Å². The lowest BCUT2D eigenvalue weighted by Gasteiger charge is -2.33. The molecule has 0 saturated carbocycles. The van der Waals surface area contributed by atoms with Crippen LogP contribution in [0, 0.1) is 0 Å². The minimum atomic E-state index is -1.06. The predicted molar refractivity (Wildman–Crippen MR) is 157 cm³/mol. The number of methoxy groups -OCH3 is 2. The van der Waals surface area contributed by atoms with Crippen LogP contribution in [-0.2, 0) is 20.9 Å². The van der Waals surface area contributed by atoms with Crippen LogP contribution in [0.5, 0.6) is 11.5 Å². The molecule has 4 aromatic rings. The second kappa shape index (κ2) is 12.4. The number of nitrogens with one attached hydrogen (secondary N) is 1. The molecule has 1 heterocycles. The summed E-state index contributed by atoms with van der Waals surface area (Å²) in [7, 11) is 3.12. The van der Waals surface area contributed by atoms with Gasteiger partial charge in [-0.25, -0.2) is 0 Å². The van der Waals surface area contributed by atoms with Crippen LogP contribution in [0.4, 0.5) is 11.4 Å². The van der Waals surface area contributed by atoms with E-state index in [-0.39, 0.29) is 12.1 Å². The van der Waals surface area contributed by atoms with Crippen molar-refractivity contribution in [2.24, 2.45) is 0 Å². The van der Waals surface area contributed by atoms with Gasteiger partial charge in [0.25, 0.3) is 17.6 Å². The van der Waals surface area contributed by atoms with E-state index in [9.17, 15) is 19.2 Å². The average molecular weight is 564 g/mol. The zero-order chi connectivity index (χ0) is 29.6. The van der Waals surface area contributed by atoms with E-state index in [1.165, 1.54) is 9.80 Å². The lowest BCUT2D eigenvalue weighted by atomic mass is 10.0. The number of ketones is 1. The Labute approximate surface area is 243 Å². The van der Waals surface area contributed by atoms with Crippen molar-refractivity contribution in [3.05, 3.63) is 120 Å². The van der Waals surface area contributed by atoms with Gasteiger partial charge < -0.3 is 19.7 Å². The highest BCUT2D eigenvalue weighted by atomic mass is 16.5. The van der Waals surface area contributed by atoms with E-state index >= 15 is 0 Å². The largest absolute Gasteiger partial charge is 0.497 e. The molecule has 3 amide bonds. The highest BCUT2D eigenvalue weighted by Crippen LogP contribution is 2.31. The maximum absolute atomic E-state index is 14.1. The van der Waals surface area contributed by atoms with Crippen LogP contribution in [0.2, 0.25) is 0 Å². The number of hydrogen-bond donors (Lipinski definition) is 1. The molecule has 9 heteroatoms. The number of para-hydroxylation sites is 1. The topological polar surface area (TPSA) is 105 Å². The molecule has 0 radical (unpaired) electrons. The molecule has 42 heavy (non-hydrogen) atoms. The lowest BCUT2D eigenvalue weighted by molar-refractivity contribution is -0.139. The highest BCUT2D eigenvalue weighted by Gasteiger charge is 2.39. The Morgan fingerprint density at radius 3 is 2.02 bits per heavy atom. The van der Waals surface area contributed by atoms with Crippen LogP contribution in [0.3, 0.4) is 0 Å². The molecule has 0 fully saturated rings. The lowest BCUT2D eigenvalue weighted by Crippen LogP contribution is -2.46. The molecule has 0 aliphatic carbocycles. The summed E-state index contributed by atoms with van der Waals surface area (Å²) in [6, 6.07) is 28.5. The van der Waals surface area contributed by atoms with E-state index in [0.29, 0.717) is 28.4 Å². The standard InChI is InChI=1S/C33H29N3O6/c1-41-25-16-12-22(13-17-25)20-36(29(37)21-35-28-11-7-6-10-27(28)31(38)33(35)40)30(23-8-4-3-5-9-23)32(39)34-24-14-18-26(42-2)19-15-24/h3-19,30H,20-21H2,1-2H3,(H,34,39)/t30-/m1/s1. The number of carbonyl (C=O) groups excluding carboxylic acids is 4. The summed E-state index contributed by atoms with van der Waals surface area (Å²) in [5.41, 5.74) is 2.45. The first-order valence-corrected chi connectivity index (χ1v) is 13.3. The first-order chi connectivity index (χ1) is 20.4. The van der Waals surface area contributed by atoms with E-state index in [0.717, 1.165) is 5.56 Å². The molecule has 1 N–H and O–H groups in total. The number of nitrogens with zero attached hydrogens (tertiary/aromatic N) is 2. The monoisotopic (exact) mass is 563 g/mol. The first kappa shape index (κ1) is 28.1. The van der Waals surface area contributed by atoms with Crippen LogP contribution in [0.25, 0.3) is 0 Å². The minimum Gasteiger partial charge on any atom is -0.497 e. The Bertz CT molecular complexity index is 1600.